The number of nitrogens with zero attached hydrogens (tertiary/aromatic N) is 3. The highest BCUT2D eigenvalue weighted by Gasteiger charge is 2.36. The minimum atomic E-state index is -0.994. The maximum absolute atomic E-state index is 10.6. The maximum Gasteiger partial charge on any atom is 0.329 e. The standard InChI is InChI=1S/C20H32N4O4/c25-19(26)15-28-16-20(27)5-1-18(2-6-20)24-13-11-23(12-14-24)10-9-22-17-3-7-21-8-4-17/h3-4,7-8,18,27H,1-2,5-6,9-16H2,(H,21,22)(H,25,26). The Labute approximate surface area is 166 Å². The van der Waals surface area contributed by atoms with Crippen LogP contribution in [-0.4, -0.2) is 95.1 Å². The monoisotopic (exact) mass is 392 g/mol. The largest absolute Gasteiger partial charge is 0.480 e. The molecule has 2 fully saturated rings. The summed E-state index contributed by atoms with van der Waals surface area (Å²) in [6, 6.07) is 4.47. The molecule has 1 aliphatic carbocycles. The lowest BCUT2D eigenvalue weighted by molar-refractivity contribution is -0.146. The number of carboxylic acids is 1. The molecule has 0 radical (unpaired) electrons. The molecule has 1 aromatic rings. The molecule has 3 rings (SSSR count). The van der Waals surface area contributed by atoms with Gasteiger partial charge in [0.05, 0.1) is 12.2 Å². The van der Waals surface area contributed by atoms with Crippen molar-refractivity contribution < 1.29 is 19.7 Å². The number of hydrogen-bond acceptors (Lipinski definition) is 7. The number of hydrogen-bond donors (Lipinski definition) is 3. The Balaban J connectivity index is 1.31. The van der Waals surface area contributed by atoms with E-state index in [0.717, 1.165) is 57.8 Å². The third kappa shape index (κ3) is 6.41. The van der Waals surface area contributed by atoms with Crippen molar-refractivity contribution in [2.75, 3.05) is 57.8 Å². The van der Waals surface area contributed by atoms with E-state index in [1.165, 1.54) is 0 Å². The molecule has 0 spiro atoms. The van der Waals surface area contributed by atoms with Crippen molar-refractivity contribution >= 4 is 11.7 Å². The Morgan fingerprint density at radius 3 is 2.54 bits per heavy atom. The summed E-state index contributed by atoms with van der Waals surface area (Å²) in [5.74, 6) is -0.994. The number of anilines is 1. The minimum absolute atomic E-state index is 0.115. The van der Waals surface area contributed by atoms with Gasteiger partial charge in [-0.3, -0.25) is 14.8 Å². The first-order valence-electron chi connectivity index (χ1n) is 10.2. The van der Waals surface area contributed by atoms with Gasteiger partial charge in [0, 0.05) is 63.4 Å². The summed E-state index contributed by atoms with van der Waals surface area (Å²) in [4.78, 5) is 19.6. The Hall–Kier alpha value is -1.74. The van der Waals surface area contributed by atoms with Crippen LogP contribution in [0.15, 0.2) is 24.5 Å². The number of aliphatic hydroxyl groups is 1. The summed E-state index contributed by atoms with van der Waals surface area (Å²) in [7, 11) is 0. The Bertz CT molecular complexity index is 599. The number of aliphatic carboxylic acids is 1. The fraction of sp³-hybridized carbons (Fsp3) is 0.700. The highest BCUT2D eigenvalue weighted by Crippen LogP contribution is 2.31. The topological polar surface area (TPSA) is 98.2 Å². The first-order valence-corrected chi connectivity index (χ1v) is 10.2. The molecule has 2 aliphatic rings. The second kappa shape index (κ2) is 10.2. The van der Waals surface area contributed by atoms with Gasteiger partial charge in [0.1, 0.15) is 6.61 Å². The van der Waals surface area contributed by atoms with E-state index >= 15 is 0 Å². The molecule has 0 atom stereocenters. The van der Waals surface area contributed by atoms with Crippen LogP contribution in [0.5, 0.6) is 0 Å². The van der Waals surface area contributed by atoms with Gasteiger partial charge in [-0.05, 0) is 37.8 Å². The zero-order chi connectivity index (χ0) is 19.8. The summed E-state index contributed by atoms with van der Waals surface area (Å²) in [6.07, 6.45) is 6.82. The first kappa shape index (κ1) is 21.0. The summed E-state index contributed by atoms with van der Waals surface area (Å²) in [5, 5.41) is 22.7. The van der Waals surface area contributed by atoms with E-state index in [1.807, 2.05) is 12.1 Å². The fourth-order valence-electron chi connectivity index (χ4n) is 4.16. The van der Waals surface area contributed by atoms with E-state index in [-0.39, 0.29) is 13.2 Å². The molecule has 8 nitrogen and oxygen atoms in total. The van der Waals surface area contributed by atoms with Crippen LogP contribution >= 0.6 is 0 Å². The van der Waals surface area contributed by atoms with Gasteiger partial charge in [0.15, 0.2) is 0 Å². The second-order valence-electron chi connectivity index (χ2n) is 7.88. The molecule has 0 bridgehead atoms. The van der Waals surface area contributed by atoms with E-state index in [1.54, 1.807) is 12.4 Å². The molecule has 0 aromatic carbocycles. The molecule has 1 aromatic heterocycles. The predicted octanol–water partition coefficient (Wildman–Crippen LogP) is 0.886. The van der Waals surface area contributed by atoms with Gasteiger partial charge in [-0.1, -0.05) is 0 Å². The van der Waals surface area contributed by atoms with Gasteiger partial charge in [-0.15, -0.1) is 0 Å². The molecular formula is C20H32N4O4. The maximum atomic E-state index is 10.6. The average Bonchev–Trinajstić information content (AvgIpc) is 2.70. The Kier molecular flexibility index (Phi) is 7.61. The van der Waals surface area contributed by atoms with Crippen LogP contribution in [0.1, 0.15) is 25.7 Å². The van der Waals surface area contributed by atoms with Gasteiger partial charge in [-0.2, -0.15) is 0 Å². The molecule has 0 amide bonds. The van der Waals surface area contributed by atoms with E-state index in [0.29, 0.717) is 18.9 Å². The number of nitrogens with one attached hydrogen (secondary N) is 1. The fourth-order valence-corrected chi connectivity index (χ4v) is 4.16. The normalized spacial score (nSPS) is 26.8. The molecule has 0 unspecified atom stereocenters. The van der Waals surface area contributed by atoms with Crippen molar-refractivity contribution in [2.45, 2.75) is 37.3 Å². The lowest BCUT2D eigenvalue weighted by atomic mass is 9.82. The zero-order valence-electron chi connectivity index (χ0n) is 16.4. The Morgan fingerprint density at radius 1 is 1.21 bits per heavy atom. The van der Waals surface area contributed by atoms with E-state index < -0.39 is 11.6 Å². The lowest BCUT2D eigenvalue weighted by Crippen LogP contribution is -2.53. The summed E-state index contributed by atoms with van der Waals surface area (Å²) in [6.45, 7) is 6.00. The smallest absolute Gasteiger partial charge is 0.329 e. The van der Waals surface area contributed by atoms with Crippen LogP contribution in [0.4, 0.5) is 5.69 Å². The minimum Gasteiger partial charge on any atom is -0.480 e. The third-order valence-corrected chi connectivity index (χ3v) is 5.84. The summed E-state index contributed by atoms with van der Waals surface area (Å²) < 4.78 is 5.12. The van der Waals surface area contributed by atoms with Crippen LogP contribution < -0.4 is 5.32 Å². The molecule has 156 valence electrons. The average molecular weight is 393 g/mol. The third-order valence-electron chi connectivity index (χ3n) is 5.84. The number of piperazine rings is 1. The number of pyridine rings is 1. The number of carbonyl (C=O) groups is 1. The zero-order valence-corrected chi connectivity index (χ0v) is 16.4. The number of ether oxygens (including phenoxy) is 1. The number of carboxylic acid groups (broad SMARTS) is 1. The number of rotatable bonds is 9. The van der Waals surface area contributed by atoms with Crippen molar-refractivity contribution in [1.29, 1.82) is 0 Å². The molecule has 3 N–H and O–H groups in total. The van der Waals surface area contributed by atoms with Crippen molar-refractivity contribution in [3.05, 3.63) is 24.5 Å². The number of aromatic nitrogens is 1. The van der Waals surface area contributed by atoms with E-state index in [4.69, 9.17) is 9.84 Å². The van der Waals surface area contributed by atoms with Gasteiger partial charge in [0.2, 0.25) is 0 Å². The van der Waals surface area contributed by atoms with Crippen LogP contribution in [0, 0.1) is 0 Å². The summed E-state index contributed by atoms with van der Waals surface area (Å²) >= 11 is 0. The van der Waals surface area contributed by atoms with E-state index in [2.05, 4.69) is 20.1 Å². The Morgan fingerprint density at radius 2 is 1.89 bits per heavy atom. The van der Waals surface area contributed by atoms with Crippen molar-refractivity contribution in [3.8, 4) is 0 Å². The summed E-state index contributed by atoms with van der Waals surface area (Å²) in [5.41, 5.74) is 0.238. The van der Waals surface area contributed by atoms with Gasteiger partial charge in [-0.25, -0.2) is 4.79 Å². The second-order valence-corrected chi connectivity index (χ2v) is 7.88. The molecule has 1 saturated heterocycles. The van der Waals surface area contributed by atoms with Gasteiger partial charge in [0.25, 0.3) is 0 Å². The highest BCUT2D eigenvalue weighted by molar-refractivity contribution is 5.67. The predicted molar refractivity (Wildman–Crippen MR) is 106 cm³/mol. The molecule has 2 heterocycles. The highest BCUT2D eigenvalue weighted by atomic mass is 16.5. The molecular weight excluding hydrogens is 360 g/mol. The van der Waals surface area contributed by atoms with Gasteiger partial charge >= 0.3 is 5.97 Å². The van der Waals surface area contributed by atoms with E-state index in [9.17, 15) is 9.90 Å². The molecule has 1 aliphatic heterocycles. The van der Waals surface area contributed by atoms with Crippen LogP contribution in [0.25, 0.3) is 0 Å². The van der Waals surface area contributed by atoms with Crippen LogP contribution in [0.2, 0.25) is 0 Å². The van der Waals surface area contributed by atoms with Crippen LogP contribution in [0.3, 0.4) is 0 Å². The SMILES string of the molecule is O=C(O)COCC1(O)CCC(N2CCN(CCNc3ccncc3)CC2)CC1. The molecule has 1 saturated carbocycles. The van der Waals surface area contributed by atoms with Gasteiger partial charge < -0.3 is 20.3 Å². The van der Waals surface area contributed by atoms with Crippen molar-refractivity contribution in [2.24, 2.45) is 0 Å². The van der Waals surface area contributed by atoms with Crippen LogP contribution in [-0.2, 0) is 9.53 Å². The quantitative estimate of drug-likeness (QED) is 0.570. The molecule has 8 heteroatoms. The molecule has 28 heavy (non-hydrogen) atoms. The lowest BCUT2D eigenvalue weighted by Gasteiger charge is -2.44. The first-order chi connectivity index (χ1) is 13.5. The van der Waals surface area contributed by atoms with Crippen molar-refractivity contribution in [1.82, 2.24) is 14.8 Å². The van der Waals surface area contributed by atoms with Crippen molar-refractivity contribution in [3.63, 3.8) is 0 Å².